The third-order valence-electron chi connectivity index (χ3n) is 5.40. The first-order valence-electron chi connectivity index (χ1n) is 9.95. The van der Waals surface area contributed by atoms with E-state index >= 15 is 0 Å². The predicted octanol–water partition coefficient (Wildman–Crippen LogP) is 2.92. The number of hydrogen-bond donors (Lipinski definition) is 0. The Morgan fingerprint density at radius 3 is 2.40 bits per heavy atom. The third-order valence-corrected chi connectivity index (χ3v) is 5.40. The fourth-order valence-electron chi connectivity index (χ4n) is 3.74. The number of rotatable bonds is 6. The van der Waals surface area contributed by atoms with Gasteiger partial charge in [0, 0.05) is 63.3 Å². The minimum Gasteiger partial charge on any atom is -0.336 e. The molecule has 1 aliphatic rings. The topological polar surface area (TPSA) is 84.5 Å². The van der Waals surface area contributed by atoms with Gasteiger partial charge in [-0.15, -0.1) is 0 Å². The molecular formula is C22H23N5O3. The molecule has 0 N–H and O–H groups in total. The van der Waals surface area contributed by atoms with Gasteiger partial charge in [0.15, 0.2) is 0 Å². The number of hydrogen-bond acceptors (Lipinski definition) is 5. The highest BCUT2D eigenvalue weighted by molar-refractivity contribution is 5.98. The molecule has 2 heterocycles. The molecule has 8 nitrogen and oxygen atoms in total. The van der Waals surface area contributed by atoms with Gasteiger partial charge in [-0.2, -0.15) is 0 Å². The summed E-state index contributed by atoms with van der Waals surface area (Å²) in [5.74, 6) is 0.670. The normalized spacial score (nSPS) is 14.6. The number of amides is 1. The highest BCUT2D eigenvalue weighted by atomic mass is 16.6. The summed E-state index contributed by atoms with van der Waals surface area (Å²) in [7, 11) is 0. The Morgan fingerprint density at radius 2 is 1.67 bits per heavy atom. The Morgan fingerprint density at radius 1 is 0.967 bits per heavy atom. The lowest BCUT2D eigenvalue weighted by Crippen LogP contribution is -2.49. The number of para-hydroxylation sites is 1. The van der Waals surface area contributed by atoms with Crippen molar-refractivity contribution in [2.24, 2.45) is 0 Å². The third kappa shape index (κ3) is 4.23. The molecule has 154 valence electrons. The standard InChI is InChI=1S/C22H23N5O3/c28-22(19-8-4-5-9-20(19)27(29)30)26-16-13-24(14-17-26)12-15-25-11-10-23-21(25)18-6-2-1-3-7-18/h1-11H,12-17H2. The first-order chi connectivity index (χ1) is 14.6. The number of benzene rings is 2. The Hall–Kier alpha value is -3.52. The average molecular weight is 405 g/mol. The molecule has 2 aromatic carbocycles. The van der Waals surface area contributed by atoms with Crippen LogP contribution in [0.15, 0.2) is 67.0 Å². The molecule has 0 spiro atoms. The Bertz CT molecular complexity index is 1030. The van der Waals surface area contributed by atoms with Gasteiger partial charge in [-0.05, 0) is 6.07 Å². The predicted molar refractivity (Wildman–Crippen MR) is 113 cm³/mol. The van der Waals surface area contributed by atoms with Gasteiger partial charge in [0.1, 0.15) is 11.4 Å². The smallest absolute Gasteiger partial charge is 0.282 e. The van der Waals surface area contributed by atoms with Gasteiger partial charge in [-0.3, -0.25) is 19.8 Å². The van der Waals surface area contributed by atoms with Gasteiger partial charge in [-0.1, -0.05) is 42.5 Å². The van der Waals surface area contributed by atoms with Crippen LogP contribution in [-0.2, 0) is 6.54 Å². The maximum absolute atomic E-state index is 12.8. The minimum atomic E-state index is -0.501. The molecule has 0 unspecified atom stereocenters. The SMILES string of the molecule is O=C(c1ccccc1[N+](=O)[O-])N1CCN(CCn2ccnc2-c2ccccc2)CC1. The van der Waals surface area contributed by atoms with Crippen molar-refractivity contribution in [2.75, 3.05) is 32.7 Å². The number of carbonyl (C=O) groups excluding carboxylic acids is 1. The van der Waals surface area contributed by atoms with Crippen LogP contribution in [-0.4, -0.2) is 62.9 Å². The summed E-state index contributed by atoms with van der Waals surface area (Å²) < 4.78 is 2.14. The molecule has 3 aromatic rings. The molecule has 1 saturated heterocycles. The van der Waals surface area contributed by atoms with E-state index in [1.165, 1.54) is 12.1 Å². The lowest BCUT2D eigenvalue weighted by atomic mass is 10.1. The highest BCUT2D eigenvalue weighted by Crippen LogP contribution is 2.21. The van der Waals surface area contributed by atoms with Crippen LogP contribution in [0.4, 0.5) is 5.69 Å². The largest absolute Gasteiger partial charge is 0.336 e. The second kappa shape index (κ2) is 8.87. The molecular weight excluding hydrogens is 382 g/mol. The minimum absolute atomic E-state index is 0.140. The first kappa shape index (κ1) is 19.8. The monoisotopic (exact) mass is 405 g/mol. The van der Waals surface area contributed by atoms with Gasteiger partial charge < -0.3 is 9.47 Å². The molecule has 0 aliphatic carbocycles. The maximum atomic E-state index is 12.8. The highest BCUT2D eigenvalue weighted by Gasteiger charge is 2.27. The van der Waals surface area contributed by atoms with E-state index in [4.69, 9.17) is 0 Å². The number of imidazole rings is 1. The van der Waals surface area contributed by atoms with E-state index in [9.17, 15) is 14.9 Å². The molecule has 0 radical (unpaired) electrons. The summed E-state index contributed by atoms with van der Waals surface area (Å²) >= 11 is 0. The van der Waals surface area contributed by atoms with Crippen molar-refractivity contribution in [3.63, 3.8) is 0 Å². The van der Waals surface area contributed by atoms with Crippen LogP contribution in [0.25, 0.3) is 11.4 Å². The van der Waals surface area contributed by atoms with Gasteiger partial charge in [0.05, 0.1) is 4.92 Å². The summed E-state index contributed by atoms with van der Waals surface area (Å²) in [5.41, 5.74) is 1.10. The average Bonchev–Trinajstić information content (AvgIpc) is 3.27. The molecule has 1 aromatic heterocycles. The van der Waals surface area contributed by atoms with Crippen LogP contribution in [0.2, 0.25) is 0 Å². The van der Waals surface area contributed by atoms with Crippen LogP contribution in [0.3, 0.4) is 0 Å². The number of nitrogens with zero attached hydrogens (tertiary/aromatic N) is 5. The van der Waals surface area contributed by atoms with E-state index < -0.39 is 4.92 Å². The number of nitro benzene ring substituents is 1. The summed E-state index contributed by atoms with van der Waals surface area (Å²) in [6.45, 7) is 4.25. The van der Waals surface area contributed by atoms with Crippen LogP contribution in [0.5, 0.6) is 0 Å². The van der Waals surface area contributed by atoms with Gasteiger partial charge >= 0.3 is 0 Å². The van der Waals surface area contributed by atoms with E-state index in [0.29, 0.717) is 13.1 Å². The molecule has 0 saturated carbocycles. The van der Waals surface area contributed by atoms with Crippen molar-refractivity contribution in [3.8, 4) is 11.4 Å². The molecule has 1 fully saturated rings. The number of nitro groups is 1. The molecule has 0 bridgehead atoms. The lowest BCUT2D eigenvalue weighted by Gasteiger charge is -2.34. The van der Waals surface area contributed by atoms with E-state index in [-0.39, 0.29) is 17.2 Å². The fraction of sp³-hybridized carbons (Fsp3) is 0.273. The van der Waals surface area contributed by atoms with Crippen molar-refractivity contribution in [2.45, 2.75) is 6.54 Å². The molecule has 30 heavy (non-hydrogen) atoms. The van der Waals surface area contributed by atoms with E-state index in [2.05, 4.69) is 14.5 Å². The number of piperazine rings is 1. The first-order valence-corrected chi connectivity index (χ1v) is 9.95. The summed E-state index contributed by atoms with van der Waals surface area (Å²) in [6.07, 6.45) is 3.79. The second-order valence-electron chi connectivity index (χ2n) is 7.22. The van der Waals surface area contributed by atoms with E-state index in [1.807, 2.05) is 42.7 Å². The fourth-order valence-corrected chi connectivity index (χ4v) is 3.74. The molecule has 4 rings (SSSR count). The lowest BCUT2D eigenvalue weighted by molar-refractivity contribution is -0.385. The van der Waals surface area contributed by atoms with E-state index in [1.54, 1.807) is 17.0 Å². The molecule has 0 atom stereocenters. The Labute approximate surface area is 174 Å². The van der Waals surface area contributed by atoms with Crippen molar-refractivity contribution >= 4 is 11.6 Å². The zero-order valence-corrected chi connectivity index (χ0v) is 16.6. The Kier molecular flexibility index (Phi) is 5.85. The second-order valence-corrected chi connectivity index (χ2v) is 7.22. The van der Waals surface area contributed by atoms with Crippen molar-refractivity contribution in [1.29, 1.82) is 0 Å². The van der Waals surface area contributed by atoms with Crippen LogP contribution in [0, 0.1) is 10.1 Å². The summed E-state index contributed by atoms with van der Waals surface area (Å²) in [6, 6.07) is 16.2. The quantitative estimate of drug-likeness (QED) is 0.465. The molecule has 8 heteroatoms. The van der Waals surface area contributed by atoms with Crippen LogP contribution >= 0.6 is 0 Å². The molecule has 1 aliphatic heterocycles. The van der Waals surface area contributed by atoms with E-state index in [0.717, 1.165) is 37.6 Å². The van der Waals surface area contributed by atoms with Gasteiger partial charge in [0.25, 0.3) is 11.6 Å². The van der Waals surface area contributed by atoms with Crippen LogP contribution in [0.1, 0.15) is 10.4 Å². The summed E-state index contributed by atoms with van der Waals surface area (Å²) in [5, 5.41) is 11.2. The Balaban J connectivity index is 1.34. The number of carbonyl (C=O) groups is 1. The van der Waals surface area contributed by atoms with Crippen molar-refractivity contribution in [3.05, 3.63) is 82.7 Å². The molecule has 1 amide bonds. The van der Waals surface area contributed by atoms with Gasteiger partial charge in [0.2, 0.25) is 0 Å². The summed E-state index contributed by atoms with van der Waals surface area (Å²) in [4.78, 5) is 32.0. The zero-order chi connectivity index (χ0) is 20.9. The van der Waals surface area contributed by atoms with Crippen molar-refractivity contribution < 1.29 is 9.72 Å². The zero-order valence-electron chi connectivity index (χ0n) is 16.6. The maximum Gasteiger partial charge on any atom is 0.282 e. The van der Waals surface area contributed by atoms with Gasteiger partial charge in [-0.25, -0.2) is 4.98 Å². The number of aromatic nitrogens is 2. The van der Waals surface area contributed by atoms with Crippen molar-refractivity contribution in [1.82, 2.24) is 19.4 Å². The van der Waals surface area contributed by atoms with Crippen LogP contribution < -0.4 is 0 Å².